The van der Waals surface area contributed by atoms with Gasteiger partial charge in [-0.15, -0.1) is 0 Å². The van der Waals surface area contributed by atoms with E-state index in [0.29, 0.717) is 0 Å². The van der Waals surface area contributed by atoms with Crippen LogP contribution in [0, 0.1) is 15.2 Å². The van der Waals surface area contributed by atoms with Gasteiger partial charge in [0.2, 0.25) is 0 Å². The fraction of sp³-hybridized carbons (Fsp3) is 0.200. The van der Waals surface area contributed by atoms with E-state index in [1.807, 2.05) is 0 Å². The van der Waals surface area contributed by atoms with Gasteiger partial charge in [0.1, 0.15) is 5.82 Å². The number of hydrogen-bond donors (Lipinski definition) is 2. The first kappa shape index (κ1) is 34.7. The molecule has 0 heterocycles. The molecule has 3 aromatic carbocycles. The summed E-state index contributed by atoms with van der Waals surface area (Å²) in [5.41, 5.74) is -11.9. The van der Waals surface area contributed by atoms with E-state index in [4.69, 9.17) is 0 Å². The van der Waals surface area contributed by atoms with Crippen LogP contribution >= 0.6 is 22.6 Å². The van der Waals surface area contributed by atoms with E-state index in [2.05, 4.69) is 10.1 Å². The third-order valence-electron chi connectivity index (χ3n) is 5.68. The van der Waals surface area contributed by atoms with Crippen LogP contribution in [0.2, 0.25) is 0 Å². The number of carbonyl (C=O) groups excluding carboxylic acids is 2. The Morgan fingerprint density at radius 3 is 1.89 bits per heavy atom. The molecule has 238 valence electrons. The summed E-state index contributed by atoms with van der Waals surface area (Å²) in [5, 5.41) is 3.80. The minimum absolute atomic E-state index is 0.150. The number of carbonyl (C=O) groups is 2. The van der Waals surface area contributed by atoms with Crippen LogP contribution in [0.25, 0.3) is 0 Å². The molecule has 2 amide bonds. The largest absolute Gasteiger partial charge is 0.457 e. The van der Waals surface area contributed by atoms with Crippen molar-refractivity contribution in [2.45, 2.75) is 30.6 Å². The van der Waals surface area contributed by atoms with Gasteiger partial charge in [0.15, 0.2) is 11.6 Å². The second kappa shape index (κ2) is 12.3. The number of hydrogen-bond acceptors (Lipinski definition) is 3. The molecule has 0 saturated carbocycles. The molecule has 1 atom stereocenters. The maximum absolute atomic E-state index is 15.1. The summed E-state index contributed by atoms with van der Waals surface area (Å²) in [4.78, 5) is 25.2. The van der Waals surface area contributed by atoms with Crippen LogP contribution < -0.4 is 15.4 Å². The predicted octanol–water partition coefficient (Wildman–Crippen LogP) is 8.60. The van der Waals surface area contributed by atoms with Crippen molar-refractivity contribution in [3.63, 3.8) is 0 Å². The second-order valence-electron chi connectivity index (χ2n) is 8.52. The van der Waals surface area contributed by atoms with Gasteiger partial charge in [-0.1, -0.05) is 6.07 Å². The van der Waals surface area contributed by atoms with E-state index >= 15 is 4.39 Å². The van der Waals surface area contributed by atoms with Gasteiger partial charge in [0.05, 0.1) is 16.9 Å². The molecule has 0 aliphatic heterocycles. The maximum atomic E-state index is 15.1. The Hall–Kier alpha value is -3.78. The quantitative estimate of drug-likeness (QED) is 0.179. The Morgan fingerprint density at radius 1 is 0.773 bits per heavy atom. The molecule has 0 spiro atoms. The Labute approximate surface area is 250 Å². The second-order valence-corrected chi connectivity index (χ2v) is 9.68. The molecule has 3 aromatic rings. The minimum atomic E-state index is -7.14. The molecule has 3 rings (SSSR count). The first-order chi connectivity index (χ1) is 20.1. The van der Waals surface area contributed by atoms with Crippen molar-refractivity contribution in [3.05, 3.63) is 86.5 Å². The van der Waals surface area contributed by atoms with Crippen LogP contribution in [0.3, 0.4) is 0 Å². The highest BCUT2D eigenvalue weighted by atomic mass is 127. The van der Waals surface area contributed by atoms with Gasteiger partial charge in [0, 0.05) is 14.7 Å². The molecule has 0 aliphatic rings. The highest BCUT2D eigenvalue weighted by Gasteiger charge is 2.81. The number of alkyl halides is 11. The molecule has 0 bridgehead atoms. The number of rotatable bonds is 8. The zero-order valence-corrected chi connectivity index (χ0v) is 22.9. The lowest BCUT2D eigenvalue weighted by molar-refractivity contribution is -0.389. The lowest BCUT2D eigenvalue weighted by Crippen LogP contribution is -2.59. The standard InChI is InChI=1S/C25H12F13IN2O3/c26-12-6-4-10(5-7-12)19(42)40-15-3-1-2-13(17(15)27)20(43)41-18-14(39)8-11(9-16(18)44-21(28)29)22(30,24(33,34)35)23(31,32)25(36,37)38/h1-9,21H,(H,40,42)(H,41,43). The highest BCUT2D eigenvalue weighted by molar-refractivity contribution is 14.1. The van der Waals surface area contributed by atoms with Gasteiger partial charge in [-0.05, 0) is 71.1 Å². The van der Waals surface area contributed by atoms with Crippen LogP contribution in [0.15, 0.2) is 54.6 Å². The SMILES string of the molecule is O=C(Nc1cccc(C(=O)Nc2c(I)cc(C(F)(C(F)(F)F)C(F)(F)C(F)(F)F)cc2OC(F)F)c1F)c1ccc(F)cc1. The summed E-state index contributed by atoms with van der Waals surface area (Å²) in [7, 11) is 0. The third kappa shape index (κ3) is 6.65. The Morgan fingerprint density at radius 2 is 1.36 bits per heavy atom. The Kier molecular flexibility index (Phi) is 9.71. The fourth-order valence-electron chi connectivity index (χ4n) is 3.59. The molecule has 5 nitrogen and oxygen atoms in total. The van der Waals surface area contributed by atoms with E-state index in [0.717, 1.165) is 65.1 Å². The number of benzene rings is 3. The van der Waals surface area contributed by atoms with E-state index in [-0.39, 0.29) is 11.6 Å². The van der Waals surface area contributed by atoms with Crippen molar-refractivity contribution < 1.29 is 71.4 Å². The first-order valence-corrected chi connectivity index (χ1v) is 12.4. The Balaban J connectivity index is 2.06. The van der Waals surface area contributed by atoms with Crippen molar-refractivity contribution in [3.8, 4) is 5.75 Å². The van der Waals surface area contributed by atoms with Gasteiger partial charge in [0.25, 0.3) is 11.8 Å². The van der Waals surface area contributed by atoms with E-state index in [1.54, 1.807) is 5.32 Å². The lowest BCUT2D eigenvalue weighted by Gasteiger charge is -2.36. The molecular formula is C25H12F13IN2O3. The molecule has 0 saturated heterocycles. The number of nitrogens with one attached hydrogen (secondary N) is 2. The van der Waals surface area contributed by atoms with Crippen molar-refractivity contribution in [1.82, 2.24) is 0 Å². The van der Waals surface area contributed by atoms with Crippen molar-refractivity contribution in [2.75, 3.05) is 10.6 Å². The maximum Gasteiger partial charge on any atom is 0.457 e. The molecule has 0 aromatic heterocycles. The van der Waals surface area contributed by atoms with Crippen molar-refractivity contribution in [1.29, 1.82) is 0 Å². The van der Waals surface area contributed by atoms with Gasteiger partial charge >= 0.3 is 30.6 Å². The number of ether oxygens (including phenoxy) is 1. The predicted molar refractivity (Wildman–Crippen MR) is 134 cm³/mol. The van der Waals surface area contributed by atoms with Crippen molar-refractivity contribution >= 4 is 45.8 Å². The average molecular weight is 762 g/mol. The molecule has 44 heavy (non-hydrogen) atoms. The van der Waals surface area contributed by atoms with E-state index in [1.165, 1.54) is 0 Å². The summed E-state index contributed by atoms with van der Waals surface area (Å²) >= 11 is 0.891. The highest BCUT2D eigenvalue weighted by Crippen LogP contribution is 2.59. The van der Waals surface area contributed by atoms with Crippen molar-refractivity contribution in [2.24, 2.45) is 0 Å². The summed E-state index contributed by atoms with van der Waals surface area (Å²) in [5.74, 6) is -13.6. The number of halogens is 14. The normalized spacial score (nSPS) is 13.8. The fourth-order valence-corrected chi connectivity index (χ4v) is 4.33. The summed E-state index contributed by atoms with van der Waals surface area (Å²) in [6.45, 7) is -4.00. The monoisotopic (exact) mass is 762 g/mol. The summed E-state index contributed by atoms with van der Waals surface area (Å²) in [6, 6.07) is 5.83. The first-order valence-electron chi connectivity index (χ1n) is 11.3. The Bertz CT molecular complexity index is 1560. The molecule has 0 radical (unpaired) electrons. The van der Waals surface area contributed by atoms with Gasteiger partial charge in [-0.25, -0.2) is 13.2 Å². The zero-order valence-electron chi connectivity index (χ0n) is 20.8. The summed E-state index contributed by atoms with van der Waals surface area (Å²) in [6.07, 6.45) is -14.1. The number of amides is 2. The third-order valence-corrected chi connectivity index (χ3v) is 6.53. The van der Waals surface area contributed by atoms with Gasteiger partial charge in [-0.2, -0.15) is 43.9 Å². The van der Waals surface area contributed by atoms with Crippen LogP contribution in [-0.4, -0.2) is 36.7 Å². The average Bonchev–Trinajstić information content (AvgIpc) is 2.89. The van der Waals surface area contributed by atoms with Gasteiger partial charge < -0.3 is 15.4 Å². The topological polar surface area (TPSA) is 67.4 Å². The van der Waals surface area contributed by atoms with E-state index < -0.39 is 91.9 Å². The van der Waals surface area contributed by atoms with Gasteiger partial charge in [-0.3, -0.25) is 9.59 Å². The van der Waals surface area contributed by atoms with E-state index in [9.17, 15) is 62.3 Å². The minimum Gasteiger partial charge on any atom is -0.433 e. The number of anilines is 2. The lowest BCUT2D eigenvalue weighted by atomic mass is 9.87. The van der Waals surface area contributed by atoms with Crippen LogP contribution in [0.1, 0.15) is 26.3 Å². The molecule has 1 unspecified atom stereocenters. The molecular weight excluding hydrogens is 750 g/mol. The zero-order chi connectivity index (χ0) is 33.4. The van der Waals surface area contributed by atoms with Crippen LogP contribution in [0.5, 0.6) is 5.75 Å². The molecule has 2 N–H and O–H groups in total. The molecule has 0 fully saturated rings. The van der Waals surface area contributed by atoms with Crippen LogP contribution in [-0.2, 0) is 5.67 Å². The summed E-state index contributed by atoms with van der Waals surface area (Å²) < 4.78 is 179. The molecule has 19 heteroatoms. The molecule has 0 aliphatic carbocycles. The smallest absolute Gasteiger partial charge is 0.433 e. The van der Waals surface area contributed by atoms with Crippen LogP contribution in [0.4, 0.5) is 68.5 Å².